The van der Waals surface area contributed by atoms with Crippen molar-refractivity contribution in [2.75, 3.05) is 11.4 Å². The minimum Gasteiger partial charge on any atom is -0.477 e. The second kappa shape index (κ2) is 9.04. The Morgan fingerprint density at radius 1 is 1.06 bits per heavy atom. The summed E-state index contributed by atoms with van der Waals surface area (Å²) in [6.07, 6.45) is 2.65. The van der Waals surface area contributed by atoms with Crippen LogP contribution in [0, 0.1) is 0 Å². The van der Waals surface area contributed by atoms with Gasteiger partial charge in [-0.3, -0.25) is 14.5 Å². The first-order chi connectivity index (χ1) is 15.1. The number of para-hydroxylation sites is 3. The Balaban J connectivity index is 1.60. The molecule has 1 N–H and O–H groups in total. The van der Waals surface area contributed by atoms with Crippen LogP contribution in [0.15, 0.2) is 66.9 Å². The van der Waals surface area contributed by atoms with Gasteiger partial charge in [-0.2, -0.15) is 5.10 Å². The smallest absolute Gasteiger partial charge is 0.279 e. The van der Waals surface area contributed by atoms with E-state index in [0.29, 0.717) is 17.1 Å². The standard InChI is InChI=1S/C24H26N4O3/c1-3-17(4-2)25-23(29)22-16-27(20-12-8-9-13-21(20)31-22)24(30)19-14-15-28(26-19)18-10-6-5-7-11-18/h5-15,17,22H,3-4,16H2,1-2H3,(H,25,29). The third kappa shape index (κ3) is 4.30. The van der Waals surface area contributed by atoms with Crippen LogP contribution in [0.3, 0.4) is 0 Å². The highest BCUT2D eigenvalue weighted by molar-refractivity contribution is 6.06. The van der Waals surface area contributed by atoms with Crippen molar-refractivity contribution in [3.8, 4) is 11.4 Å². The zero-order chi connectivity index (χ0) is 21.8. The molecule has 0 bridgehead atoms. The topological polar surface area (TPSA) is 76.5 Å². The number of nitrogens with zero attached hydrogens (tertiary/aromatic N) is 3. The van der Waals surface area contributed by atoms with Gasteiger partial charge in [-0.25, -0.2) is 4.68 Å². The Hall–Kier alpha value is -3.61. The van der Waals surface area contributed by atoms with Crippen LogP contribution in [-0.4, -0.2) is 40.3 Å². The Labute approximate surface area is 181 Å². The Morgan fingerprint density at radius 3 is 2.52 bits per heavy atom. The quantitative estimate of drug-likeness (QED) is 0.664. The van der Waals surface area contributed by atoms with E-state index in [0.717, 1.165) is 18.5 Å². The zero-order valence-electron chi connectivity index (χ0n) is 17.7. The monoisotopic (exact) mass is 418 g/mol. The van der Waals surface area contributed by atoms with Crippen LogP contribution in [0.5, 0.6) is 5.75 Å². The van der Waals surface area contributed by atoms with Crippen LogP contribution < -0.4 is 15.0 Å². The van der Waals surface area contributed by atoms with E-state index < -0.39 is 6.10 Å². The summed E-state index contributed by atoms with van der Waals surface area (Å²) in [5.41, 5.74) is 1.81. The number of carbonyl (C=O) groups is 2. The molecule has 160 valence electrons. The van der Waals surface area contributed by atoms with Crippen LogP contribution >= 0.6 is 0 Å². The summed E-state index contributed by atoms with van der Waals surface area (Å²) >= 11 is 0. The molecule has 2 amide bonds. The van der Waals surface area contributed by atoms with Gasteiger partial charge in [0, 0.05) is 12.2 Å². The predicted octanol–water partition coefficient (Wildman–Crippen LogP) is 3.58. The summed E-state index contributed by atoms with van der Waals surface area (Å²) < 4.78 is 7.61. The number of carbonyl (C=O) groups excluding carboxylic acids is 2. The molecular weight excluding hydrogens is 392 g/mol. The molecule has 1 unspecified atom stereocenters. The number of aromatic nitrogens is 2. The van der Waals surface area contributed by atoms with E-state index in [2.05, 4.69) is 10.4 Å². The Kier molecular flexibility index (Phi) is 6.02. The minimum absolute atomic E-state index is 0.0824. The number of hydrogen-bond donors (Lipinski definition) is 1. The fraction of sp³-hybridized carbons (Fsp3) is 0.292. The van der Waals surface area contributed by atoms with E-state index in [4.69, 9.17) is 4.74 Å². The molecule has 0 fully saturated rings. The summed E-state index contributed by atoms with van der Waals surface area (Å²) in [6.45, 7) is 4.19. The maximum atomic E-state index is 13.4. The first-order valence-electron chi connectivity index (χ1n) is 10.6. The fourth-order valence-electron chi connectivity index (χ4n) is 3.65. The molecule has 1 atom stereocenters. The van der Waals surface area contributed by atoms with E-state index in [1.165, 1.54) is 0 Å². The average Bonchev–Trinajstić information content (AvgIpc) is 3.32. The number of fused-ring (bicyclic) bond motifs is 1. The van der Waals surface area contributed by atoms with Crippen LogP contribution in [-0.2, 0) is 4.79 Å². The van der Waals surface area contributed by atoms with Gasteiger partial charge in [0.1, 0.15) is 5.75 Å². The van der Waals surface area contributed by atoms with Crippen LogP contribution in [0.25, 0.3) is 5.69 Å². The minimum atomic E-state index is -0.782. The largest absolute Gasteiger partial charge is 0.477 e. The number of anilines is 1. The summed E-state index contributed by atoms with van der Waals surface area (Å²) in [6, 6.07) is 18.6. The van der Waals surface area contributed by atoms with Crippen LogP contribution in [0.4, 0.5) is 5.69 Å². The molecule has 1 aromatic heterocycles. The number of amides is 2. The van der Waals surface area contributed by atoms with Gasteiger partial charge in [0.25, 0.3) is 11.8 Å². The van der Waals surface area contributed by atoms with Gasteiger partial charge in [-0.1, -0.05) is 44.2 Å². The first kappa shape index (κ1) is 20.7. The molecule has 1 aliphatic heterocycles. The van der Waals surface area contributed by atoms with Gasteiger partial charge in [0.15, 0.2) is 11.8 Å². The lowest BCUT2D eigenvalue weighted by Gasteiger charge is -2.34. The second-order valence-corrected chi connectivity index (χ2v) is 7.49. The lowest BCUT2D eigenvalue weighted by Crippen LogP contribution is -2.52. The first-order valence-corrected chi connectivity index (χ1v) is 10.6. The van der Waals surface area contributed by atoms with Crippen molar-refractivity contribution in [2.24, 2.45) is 0 Å². The number of hydrogen-bond acceptors (Lipinski definition) is 4. The molecule has 0 spiro atoms. The molecule has 1 aliphatic rings. The highest BCUT2D eigenvalue weighted by atomic mass is 16.5. The summed E-state index contributed by atoms with van der Waals surface area (Å²) in [7, 11) is 0. The van der Waals surface area contributed by atoms with Gasteiger partial charge in [-0.15, -0.1) is 0 Å². The normalized spacial score (nSPS) is 15.3. The molecule has 2 heterocycles. The van der Waals surface area contributed by atoms with Gasteiger partial charge in [0.2, 0.25) is 0 Å². The summed E-state index contributed by atoms with van der Waals surface area (Å²) in [4.78, 5) is 27.8. The van der Waals surface area contributed by atoms with Crippen molar-refractivity contribution in [3.63, 3.8) is 0 Å². The van der Waals surface area contributed by atoms with Crippen molar-refractivity contribution in [1.29, 1.82) is 0 Å². The maximum Gasteiger partial charge on any atom is 0.279 e. The average molecular weight is 418 g/mol. The SMILES string of the molecule is CCC(CC)NC(=O)C1CN(C(=O)c2ccn(-c3ccccc3)n2)c2ccccc2O1. The van der Waals surface area contributed by atoms with Crippen LogP contribution in [0.1, 0.15) is 37.2 Å². The van der Waals surface area contributed by atoms with Crippen molar-refractivity contribution < 1.29 is 14.3 Å². The van der Waals surface area contributed by atoms with Crippen LogP contribution in [0.2, 0.25) is 0 Å². The molecule has 0 saturated carbocycles. The highest BCUT2D eigenvalue weighted by Crippen LogP contribution is 2.34. The molecule has 7 heteroatoms. The lowest BCUT2D eigenvalue weighted by molar-refractivity contribution is -0.128. The van der Waals surface area contributed by atoms with Gasteiger partial charge < -0.3 is 10.1 Å². The number of nitrogens with one attached hydrogen (secondary N) is 1. The highest BCUT2D eigenvalue weighted by Gasteiger charge is 2.35. The number of ether oxygens (including phenoxy) is 1. The van der Waals surface area contributed by atoms with Crippen molar-refractivity contribution in [2.45, 2.75) is 38.8 Å². The van der Waals surface area contributed by atoms with E-state index in [1.807, 2.05) is 62.4 Å². The van der Waals surface area contributed by atoms with E-state index >= 15 is 0 Å². The molecular formula is C24H26N4O3. The Bertz CT molecular complexity index is 1060. The molecule has 31 heavy (non-hydrogen) atoms. The Morgan fingerprint density at radius 2 is 1.77 bits per heavy atom. The van der Waals surface area contributed by atoms with Gasteiger partial charge >= 0.3 is 0 Å². The summed E-state index contributed by atoms with van der Waals surface area (Å²) in [5.74, 6) is 0.0240. The molecule has 0 saturated heterocycles. The lowest BCUT2D eigenvalue weighted by atomic mass is 10.1. The maximum absolute atomic E-state index is 13.4. The molecule has 4 rings (SSSR count). The molecule has 0 aliphatic carbocycles. The van der Waals surface area contributed by atoms with Crippen molar-refractivity contribution in [1.82, 2.24) is 15.1 Å². The summed E-state index contributed by atoms with van der Waals surface area (Å²) in [5, 5.41) is 7.48. The van der Waals surface area contributed by atoms with Gasteiger partial charge in [-0.05, 0) is 43.2 Å². The van der Waals surface area contributed by atoms with E-state index in [-0.39, 0.29) is 24.4 Å². The van der Waals surface area contributed by atoms with E-state index in [9.17, 15) is 9.59 Å². The molecule has 2 aromatic carbocycles. The van der Waals surface area contributed by atoms with Gasteiger partial charge in [0.05, 0.1) is 17.9 Å². The fourth-order valence-corrected chi connectivity index (χ4v) is 3.65. The molecule has 7 nitrogen and oxygen atoms in total. The number of rotatable bonds is 6. The molecule has 3 aromatic rings. The van der Waals surface area contributed by atoms with Crippen molar-refractivity contribution >= 4 is 17.5 Å². The predicted molar refractivity (Wildman–Crippen MR) is 119 cm³/mol. The molecule has 0 radical (unpaired) electrons. The zero-order valence-corrected chi connectivity index (χ0v) is 17.7. The third-order valence-electron chi connectivity index (χ3n) is 5.47. The third-order valence-corrected chi connectivity index (χ3v) is 5.47. The second-order valence-electron chi connectivity index (χ2n) is 7.49. The van der Waals surface area contributed by atoms with E-state index in [1.54, 1.807) is 27.9 Å². The van der Waals surface area contributed by atoms with Crippen molar-refractivity contribution in [3.05, 3.63) is 72.6 Å². The number of benzene rings is 2.